The third-order valence-electron chi connectivity index (χ3n) is 7.49. The molecular weight excluding hydrogens is 360 g/mol. The van der Waals surface area contributed by atoms with Crippen LogP contribution < -0.4 is 0 Å². The van der Waals surface area contributed by atoms with E-state index in [4.69, 9.17) is 18.9 Å². The average Bonchev–Trinajstić information content (AvgIpc) is 2.89. The molecule has 3 aliphatic rings. The molecule has 0 N–H and O–H groups in total. The smallest absolute Gasteiger partial charge is 0.316 e. The Bertz CT molecular complexity index is 602. The second-order valence-corrected chi connectivity index (χ2v) is 9.97. The Morgan fingerprint density at radius 1 is 1.04 bits per heavy atom. The maximum atomic E-state index is 13.8. The van der Waals surface area contributed by atoms with E-state index in [0.29, 0.717) is 0 Å². The van der Waals surface area contributed by atoms with Crippen LogP contribution in [0.15, 0.2) is 0 Å². The molecule has 6 heteroatoms. The maximum absolute atomic E-state index is 13.8. The van der Waals surface area contributed by atoms with Crippen molar-refractivity contribution in [2.45, 2.75) is 71.9 Å². The number of ketones is 1. The average molecular weight is 397 g/mol. The molecule has 3 fully saturated rings. The third kappa shape index (κ3) is 3.75. The number of methoxy groups -OCH3 is 3. The van der Waals surface area contributed by atoms with Crippen LogP contribution in [0.5, 0.6) is 0 Å². The van der Waals surface area contributed by atoms with E-state index in [1.165, 1.54) is 13.5 Å². The Kier molecular flexibility index (Phi) is 6.23. The van der Waals surface area contributed by atoms with Crippen LogP contribution in [-0.2, 0) is 28.5 Å². The topological polar surface area (TPSA) is 71.1 Å². The van der Waals surface area contributed by atoms with Crippen molar-refractivity contribution in [3.63, 3.8) is 0 Å². The maximum Gasteiger partial charge on any atom is 0.316 e. The highest BCUT2D eigenvalue weighted by atomic mass is 16.8. The van der Waals surface area contributed by atoms with Gasteiger partial charge in [-0.2, -0.15) is 0 Å². The van der Waals surface area contributed by atoms with Gasteiger partial charge in [0.05, 0.1) is 7.11 Å². The Morgan fingerprint density at radius 3 is 2.29 bits per heavy atom. The van der Waals surface area contributed by atoms with E-state index in [2.05, 4.69) is 20.8 Å². The lowest BCUT2D eigenvalue weighted by Gasteiger charge is -2.47. The predicted octanol–water partition coefficient (Wildman–Crippen LogP) is 3.57. The van der Waals surface area contributed by atoms with Crippen LogP contribution in [0.25, 0.3) is 0 Å². The fourth-order valence-corrected chi connectivity index (χ4v) is 6.42. The largest absolute Gasteiger partial charge is 0.468 e. The summed E-state index contributed by atoms with van der Waals surface area (Å²) >= 11 is 0. The molecule has 0 spiro atoms. The van der Waals surface area contributed by atoms with Crippen LogP contribution in [0, 0.1) is 34.5 Å². The lowest BCUT2D eigenvalue weighted by Crippen LogP contribution is -2.46. The van der Waals surface area contributed by atoms with Crippen LogP contribution in [0.3, 0.4) is 0 Å². The summed E-state index contributed by atoms with van der Waals surface area (Å²) in [6, 6.07) is 0. The highest BCUT2D eigenvalue weighted by molar-refractivity contribution is 6.01. The van der Waals surface area contributed by atoms with E-state index in [-0.39, 0.29) is 34.4 Å². The van der Waals surface area contributed by atoms with Crippen molar-refractivity contribution < 1.29 is 28.5 Å². The molecule has 2 saturated carbocycles. The first-order valence-electron chi connectivity index (χ1n) is 10.5. The van der Waals surface area contributed by atoms with Crippen molar-refractivity contribution in [2.75, 3.05) is 21.3 Å². The molecule has 2 aliphatic carbocycles. The third-order valence-corrected chi connectivity index (χ3v) is 7.49. The van der Waals surface area contributed by atoms with Crippen LogP contribution >= 0.6 is 0 Å². The first kappa shape index (κ1) is 21.7. The molecule has 0 aromatic carbocycles. The summed E-state index contributed by atoms with van der Waals surface area (Å²) in [6.45, 7) is 6.81. The van der Waals surface area contributed by atoms with E-state index < -0.39 is 24.5 Å². The summed E-state index contributed by atoms with van der Waals surface area (Å²) < 4.78 is 22.0. The molecule has 0 bridgehead atoms. The van der Waals surface area contributed by atoms with Gasteiger partial charge in [-0.1, -0.05) is 27.2 Å². The molecule has 0 unspecified atom stereocenters. The molecule has 6 nitrogen and oxygen atoms in total. The van der Waals surface area contributed by atoms with Gasteiger partial charge in [0.25, 0.3) is 0 Å². The number of rotatable bonds is 4. The predicted molar refractivity (Wildman–Crippen MR) is 103 cm³/mol. The summed E-state index contributed by atoms with van der Waals surface area (Å²) in [4.78, 5) is 26.6. The minimum absolute atomic E-state index is 0.00181. The fraction of sp³-hybridized carbons (Fsp3) is 0.909. The first-order chi connectivity index (χ1) is 13.2. The second-order valence-electron chi connectivity index (χ2n) is 9.97. The first-order valence-corrected chi connectivity index (χ1v) is 10.5. The normalized spacial score (nSPS) is 43.3. The van der Waals surface area contributed by atoms with E-state index in [0.717, 1.165) is 32.1 Å². The number of hydrogen-bond donors (Lipinski definition) is 0. The van der Waals surface area contributed by atoms with Crippen molar-refractivity contribution in [3.8, 4) is 0 Å². The molecule has 0 amide bonds. The number of ether oxygens (including phenoxy) is 4. The van der Waals surface area contributed by atoms with Crippen molar-refractivity contribution in [2.24, 2.45) is 34.5 Å². The fourth-order valence-electron chi connectivity index (χ4n) is 6.42. The number of hydrogen-bond acceptors (Lipinski definition) is 6. The lowest BCUT2D eigenvalue weighted by molar-refractivity contribution is -0.202. The van der Waals surface area contributed by atoms with Gasteiger partial charge in [0.2, 0.25) is 0 Å². The van der Waals surface area contributed by atoms with Gasteiger partial charge in [0.1, 0.15) is 5.92 Å². The second kappa shape index (κ2) is 8.04. The molecule has 160 valence electrons. The molecule has 3 rings (SSSR count). The van der Waals surface area contributed by atoms with Crippen LogP contribution in [0.2, 0.25) is 0 Å². The van der Waals surface area contributed by atoms with Gasteiger partial charge in [-0.15, -0.1) is 0 Å². The zero-order valence-corrected chi connectivity index (χ0v) is 18.2. The molecule has 0 radical (unpaired) electrons. The van der Waals surface area contributed by atoms with E-state index >= 15 is 0 Å². The zero-order chi connectivity index (χ0) is 20.7. The minimum atomic E-state index is -0.866. The highest BCUT2D eigenvalue weighted by Gasteiger charge is 2.58. The van der Waals surface area contributed by atoms with E-state index in [9.17, 15) is 9.59 Å². The number of fused-ring (bicyclic) bond motifs is 1. The van der Waals surface area contributed by atoms with Gasteiger partial charge in [-0.05, 0) is 42.9 Å². The summed E-state index contributed by atoms with van der Waals surface area (Å²) in [7, 11) is 4.50. The van der Waals surface area contributed by atoms with Crippen molar-refractivity contribution in [1.82, 2.24) is 0 Å². The number of esters is 1. The Morgan fingerprint density at radius 2 is 1.71 bits per heavy atom. The van der Waals surface area contributed by atoms with Crippen LogP contribution in [0.1, 0.15) is 59.3 Å². The van der Waals surface area contributed by atoms with Crippen molar-refractivity contribution >= 4 is 11.8 Å². The summed E-state index contributed by atoms with van der Waals surface area (Å²) in [6.07, 6.45) is 4.74. The zero-order valence-electron chi connectivity index (χ0n) is 18.2. The molecule has 28 heavy (non-hydrogen) atoms. The van der Waals surface area contributed by atoms with Gasteiger partial charge >= 0.3 is 5.97 Å². The van der Waals surface area contributed by atoms with Gasteiger partial charge in [-0.25, -0.2) is 0 Å². The Balaban J connectivity index is 1.98. The Hall–Kier alpha value is -0.980. The van der Waals surface area contributed by atoms with Crippen molar-refractivity contribution in [1.29, 1.82) is 0 Å². The molecule has 0 aromatic heterocycles. The van der Waals surface area contributed by atoms with Gasteiger partial charge in [-0.3, -0.25) is 9.59 Å². The van der Waals surface area contributed by atoms with Gasteiger partial charge < -0.3 is 18.9 Å². The summed E-state index contributed by atoms with van der Waals surface area (Å²) in [5.41, 5.74) is 0.110. The van der Waals surface area contributed by atoms with E-state index in [1.807, 2.05) is 0 Å². The molecule has 1 saturated heterocycles. The van der Waals surface area contributed by atoms with Gasteiger partial charge in [0, 0.05) is 32.0 Å². The van der Waals surface area contributed by atoms with Crippen LogP contribution in [0.4, 0.5) is 0 Å². The number of Topliss-reactive ketones (excluding diaryl/α,β-unsaturated/α-hetero) is 1. The van der Waals surface area contributed by atoms with Crippen molar-refractivity contribution in [3.05, 3.63) is 0 Å². The summed E-state index contributed by atoms with van der Waals surface area (Å²) in [5.74, 6) is -1.94. The summed E-state index contributed by atoms with van der Waals surface area (Å²) in [5, 5.41) is 0. The quantitative estimate of drug-likeness (QED) is 0.534. The lowest BCUT2D eigenvalue weighted by atomic mass is 9.57. The number of carbonyl (C=O) groups excluding carboxylic acids is 2. The van der Waals surface area contributed by atoms with E-state index in [1.54, 1.807) is 14.2 Å². The van der Waals surface area contributed by atoms with Crippen LogP contribution in [-0.4, -0.2) is 45.7 Å². The number of carbonyl (C=O) groups is 2. The molecule has 7 atom stereocenters. The molecule has 0 aromatic rings. The SMILES string of the molecule is COC(=O)[C@@H]1C(=O)[C@@H]([C@@]2(C)CCCC(C)(C)C2)CC[C@H]2[C@H](OC)O[C@H](OC)[C@@H]12. The minimum Gasteiger partial charge on any atom is -0.468 e. The monoisotopic (exact) mass is 396 g/mol. The highest BCUT2D eigenvalue weighted by Crippen LogP contribution is 2.55. The Labute approximate surface area is 168 Å². The van der Waals surface area contributed by atoms with Gasteiger partial charge in [0.15, 0.2) is 18.4 Å². The standard InChI is InChI=1S/C22H36O6/c1-21(2)10-7-11-22(3,12-21)14-9-8-13-15(16(17(14)23)18(24)25-4)20(27-6)28-19(13)26-5/h13-16,19-20H,7-12H2,1-6H3/t13-,14+,15-,16+,19-,20+,22+/m1/s1. The molecule has 1 aliphatic heterocycles. The molecular formula is C22H36O6. The molecule has 1 heterocycles.